The lowest BCUT2D eigenvalue weighted by atomic mass is 9.99. The van der Waals surface area contributed by atoms with E-state index in [1.54, 1.807) is 18.2 Å². The van der Waals surface area contributed by atoms with Crippen molar-refractivity contribution in [2.45, 2.75) is 6.92 Å². The summed E-state index contributed by atoms with van der Waals surface area (Å²) in [6.07, 6.45) is 0. The molecule has 23 heavy (non-hydrogen) atoms. The molecule has 0 spiro atoms. The third kappa shape index (κ3) is 3.17. The van der Waals surface area contributed by atoms with E-state index in [9.17, 15) is 14.3 Å². The van der Waals surface area contributed by atoms with Crippen LogP contribution in [-0.4, -0.2) is 42.4 Å². The van der Waals surface area contributed by atoms with Crippen LogP contribution < -0.4 is 4.90 Å². The first-order chi connectivity index (χ1) is 11.1. The maximum absolute atomic E-state index is 13.2. The molecular formula is C17H17FN2O3. The normalized spacial score (nSPS) is 14.8. The van der Waals surface area contributed by atoms with Crippen LogP contribution in [0.4, 0.5) is 10.2 Å². The van der Waals surface area contributed by atoms with Crippen molar-refractivity contribution in [2.75, 3.05) is 31.2 Å². The molecule has 0 atom stereocenters. The fraction of sp³-hybridized carbons (Fsp3) is 0.294. The number of carbonyl (C=O) groups is 1. The van der Waals surface area contributed by atoms with E-state index in [4.69, 9.17) is 4.74 Å². The number of pyridine rings is 1. The highest BCUT2D eigenvalue weighted by Crippen LogP contribution is 2.31. The molecular weight excluding hydrogens is 299 g/mol. The molecule has 0 unspecified atom stereocenters. The van der Waals surface area contributed by atoms with Crippen LogP contribution >= 0.6 is 0 Å². The summed E-state index contributed by atoms with van der Waals surface area (Å²) in [6.45, 7) is 4.10. The fourth-order valence-electron chi connectivity index (χ4n) is 2.73. The topological polar surface area (TPSA) is 62.7 Å². The molecule has 1 saturated heterocycles. The third-order valence-corrected chi connectivity index (χ3v) is 3.81. The number of carboxylic acid groups (broad SMARTS) is 1. The quantitative estimate of drug-likeness (QED) is 0.943. The molecule has 1 aliphatic heterocycles. The number of halogens is 1. The molecule has 3 rings (SSSR count). The summed E-state index contributed by atoms with van der Waals surface area (Å²) in [7, 11) is 0. The van der Waals surface area contributed by atoms with Gasteiger partial charge >= 0.3 is 5.97 Å². The Bertz CT molecular complexity index is 725. The molecule has 1 fully saturated rings. The minimum Gasteiger partial charge on any atom is -0.478 e. The molecule has 0 amide bonds. The number of aromatic carboxylic acids is 1. The van der Waals surface area contributed by atoms with Gasteiger partial charge in [0.25, 0.3) is 0 Å². The number of aryl methyl sites for hydroxylation is 1. The second-order valence-electron chi connectivity index (χ2n) is 5.42. The van der Waals surface area contributed by atoms with Gasteiger partial charge in [-0.2, -0.15) is 0 Å². The molecule has 1 N–H and O–H groups in total. The first-order valence-corrected chi connectivity index (χ1v) is 7.40. The van der Waals surface area contributed by atoms with E-state index in [0.29, 0.717) is 43.2 Å². The van der Waals surface area contributed by atoms with Gasteiger partial charge in [-0.05, 0) is 30.7 Å². The number of aromatic nitrogens is 1. The number of carboxylic acids is 1. The first-order valence-electron chi connectivity index (χ1n) is 7.40. The number of anilines is 1. The number of ether oxygens (including phenoxy) is 1. The molecule has 120 valence electrons. The average Bonchev–Trinajstić information content (AvgIpc) is 2.55. The maximum atomic E-state index is 13.2. The second-order valence-corrected chi connectivity index (χ2v) is 5.42. The summed E-state index contributed by atoms with van der Waals surface area (Å²) < 4.78 is 18.5. The number of rotatable bonds is 3. The molecule has 0 aliphatic carbocycles. The van der Waals surface area contributed by atoms with Crippen molar-refractivity contribution in [3.63, 3.8) is 0 Å². The van der Waals surface area contributed by atoms with Crippen LogP contribution in [0.5, 0.6) is 0 Å². The Kier molecular flexibility index (Phi) is 4.25. The van der Waals surface area contributed by atoms with Crippen LogP contribution in [0.25, 0.3) is 11.1 Å². The lowest BCUT2D eigenvalue weighted by molar-refractivity contribution is 0.0696. The summed E-state index contributed by atoms with van der Waals surface area (Å²) >= 11 is 0. The van der Waals surface area contributed by atoms with Gasteiger partial charge in [0, 0.05) is 24.3 Å². The van der Waals surface area contributed by atoms with Gasteiger partial charge in [0.15, 0.2) is 0 Å². The largest absolute Gasteiger partial charge is 0.478 e. The number of hydrogen-bond donors (Lipinski definition) is 1. The van der Waals surface area contributed by atoms with Gasteiger partial charge < -0.3 is 14.7 Å². The number of morpholine rings is 1. The van der Waals surface area contributed by atoms with E-state index in [2.05, 4.69) is 4.98 Å². The minimum absolute atomic E-state index is 0.143. The second kappa shape index (κ2) is 6.34. The van der Waals surface area contributed by atoms with Crippen molar-refractivity contribution in [3.05, 3.63) is 47.4 Å². The van der Waals surface area contributed by atoms with Crippen molar-refractivity contribution in [1.29, 1.82) is 0 Å². The van der Waals surface area contributed by atoms with Crippen molar-refractivity contribution < 1.29 is 19.0 Å². The van der Waals surface area contributed by atoms with E-state index in [-0.39, 0.29) is 11.4 Å². The van der Waals surface area contributed by atoms with Gasteiger partial charge in [-0.3, -0.25) is 0 Å². The van der Waals surface area contributed by atoms with Crippen LogP contribution in [0.15, 0.2) is 30.3 Å². The zero-order valence-electron chi connectivity index (χ0n) is 12.8. The summed E-state index contributed by atoms with van der Waals surface area (Å²) in [5.74, 6) is -0.955. The van der Waals surface area contributed by atoms with E-state index in [0.717, 1.165) is 5.69 Å². The molecule has 1 aromatic carbocycles. The molecule has 2 aromatic rings. The van der Waals surface area contributed by atoms with Crippen LogP contribution in [-0.2, 0) is 4.74 Å². The third-order valence-electron chi connectivity index (χ3n) is 3.81. The lowest BCUT2D eigenvalue weighted by Crippen LogP contribution is -2.38. The monoisotopic (exact) mass is 316 g/mol. The number of hydrogen-bond acceptors (Lipinski definition) is 4. The Labute approximate surface area is 133 Å². The van der Waals surface area contributed by atoms with E-state index >= 15 is 0 Å². The summed E-state index contributed by atoms with van der Waals surface area (Å²) in [5.41, 5.74) is 2.07. The molecule has 6 heteroatoms. The van der Waals surface area contributed by atoms with Crippen LogP contribution in [0, 0.1) is 12.7 Å². The zero-order valence-corrected chi connectivity index (χ0v) is 12.8. The Hall–Kier alpha value is -2.47. The lowest BCUT2D eigenvalue weighted by Gasteiger charge is -2.29. The van der Waals surface area contributed by atoms with Crippen molar-refractivity contribution >= 4 is 11.8 Å². The Morgan fingerprint density at radius 1 is 1.26 bits per heavy atom. The fourth-order valence-corrected chi connectivity index (χ4v) is 2.73. The minimum atomic E-state index is -1.04. The first kappa shape index (κ1) is 15.4. The van der Waals surface area contributed by atoms with Gasteiger partial charge in [0.2, 0.25) is 0 Å². The molecule has 0 bridgehead atoms. The summed E-state index contributed by atoms with van der Waals surface area (Å²) in [4.78, 5) is 18.2. The van der Waals surface area contributed by atoms with Crippen LogP contribution in [0.2, 0.25) is 0 Å². The maximum Gasteiger partial charge on any atom is 0.340 e. The van der Waals surface area contributed by atoms with Gasteiger partial charge in [0.1, 0.15) is 17.2 Å². The van der Waals surface area contributed by atoms with Crippen LogP contribution in [0.3, 0.4) is 0 Å². The number of nitrogens with zero attached hydrogens (tertiary/aromatic N) is 2. The van der Waals surface area contributed by atoms with Gasteiger partial charge in [-0.1, -0.05) is 12.1 Å². The predicted molar refractivity (Wildman–Crippen MR) is 84.4 cm³/mol. The van der Waals surface area contributed by atoms with Crippen molar-refractivity contribution in [2.24, 2.45) is 0 Å². The molecule has 0 saturated carbocycles. The van der Waals surface area contributed by atoms with E-state index in [1.807, 2.05) is 11.8 Å². The molecule has 1 aliphatic rings. The van der Waals surface area contributed by atoms with Crippen LogP contribution in [0.1, 0.15) is 16.1 Å². The molecule has 5 nitrogen and oxygen atoms in total. The Balaban J connectivity index is 2.16. The molecule has 1 aromatic heterocycles. The van der Waals surface area contributed by atoms with Gasteiger partial charge in [-0.25, -0.2) is 14.2 Å². The van der Waals surface area contributed by atoms with Gasteiger partial charge in [-0.15, -0.1) is 0 Å². The van der Waals surface area contributed by atoms with Crippen molar-refractivity contribution in [1.82, 2.24) is 4.98 Å². The summed E-state index contributed by atoms with van der Waals surface area (Å²) in [5, 5.41) is 9.71. The number of benzene rings is 1. The van der Waals surface area contributed by atoms with Gasteiger partial charge in [0.05, 0.1) is 13.2 Å². The molecule has 2 heterocycles. The highest BCUT2D eigenvalue weighted by Gasteiger charge is 2.24. The van der Waals surface area contributed by atoms with Crippen molar-refractivity contribution in [3.8, 4) is 11.1 Å². The SMILES string of the molecule is Cc1cc(-c2ccc(F)cc2)c(C(=O)O)c(N2CCOCC2)n1. The highest BCUT2D eigenvalue weighted by atomic mass is 19.1. The Morgan fingerprint density at radius 2 is 1.91 bits per heavy atom. The standard InChI is InChI=1S/C17H17FN2O3/c1-11-10-14(12-2-4-13(18)5-3-12)15(17(21)22)16(19-11)20-6-8-23-9-7-20/h2-5,10H,6-9H2,1H3,(H,21,22). The van der Waals surface area contributed by atoms with E-state index < -0.39 is 5.97 Å². The predicted octanol–water partition coefficient (Wildman–Crippen LogP) is 2.73. The highest BCUT2D eigenvalue weighted by molar-refractivity contribution is 6.01. The molecule has 0 radical (unpaired) electrons. The average molecular weight is 316 g/mol. The Morgan fingerprint density at radius 3 is 2.52 bits per heavy atom. The van der Waals surface area contributed by atoms with E-state index in [1.165, 1.54) is 12.1 Å². The zero-order chi connectivity index (χ0) is 16.4. The smallest absolute Gasteiger partial charge is 0.340 e. The summed E-state index contributed by atoms with van der Waals surface area (Å²) in [6, 6.07) is 7.54.